The van der Waals surface area contributed by atoms with Crippen molar-refractivity contribution >= 4 is 29.4 Å². The molecule has 0 saturated carbocycles. The van der Waals surface area contributed by atoms with E-state index in [2.05, 4.69) is 12.2 Å². The lowest BCUT2D eigenvalue weighted by Gasteiger charge is -1.99. The van der Waals surface area contributed by atoms with Crippen molar-refractivity contribution in [1.82, 2.24) is 4.08 Å². The summed E-state index contributed by atoms with van der Waals surface area (Å²) >= 11 is 3.50. The van der Waals surface area contributed by atoms with Crippen LogP contribution in [0.1, 0.15) is 6.92 Å². The molecule has 0 N–H and O–H groups in total. The van der Waals surface area contributed by atoms with E-state index in [9.17, 15) is 13.0 Å². The summed E-state index contributed by atoms with van der Waals surface area (Å²) in [7, 11) is -4.15. The number of thiol groups is 1. The molecule has 0 amide bonds. The largest absolute Gasteiger partial charge is 0.521 e. The third kappa shape index (κ3) is 2.54. The van der Waals surface area contributed by atoms with E-state index in [0.717, 1.165) is 4.08 Å². The fourth-order valence-electron chi connectivity index (χ4n) is 0.293. The highest BCUT2D eigenvalue weighted by Crippen LogP contribution is 2.32. The molecule has 7 heteroatoms. The van der Waals surface area contributed by atoms with E-state index in [1.54, 1.807) is 0 Å². The zero-order valence-corrected chi connectivity index (χ0v) is 8.29. The van der Waals surface area contributed by atoms with E-state index in [1.807, 2.05) is 0 Å². The van der Waals surface area contributed by atoms with Crippen molar-refractivity contribution in [3.8, 4) is 0 Å². The molecule has 4 nitrogen and oxygen atoms in total. The van der Waals surface area contributed by atoms with Crippen LogP contribution in [0, 0.1) is 0 Å². The van der Waals surface area contributed by atoms with Gasteiger partial charge in [0.2, 0.25) is 0 Å². The van der Waals surface area contributed by atoms with Crippen LogP contribution >= 0.6 is 19.4 Å². The van der Waals surface area contributed by atoms with E-state index < -0.39 is 17.2 Å². The predicted molar refractivity (Wildman–Crippen MR) is 43.8 cm³/mol. The molecule has 0 aliphatic rings. The van der Waals surface area contributed by atoms with Crippen LogP contribution in [0.15, 0.2) is 0 Å². The first kappa shape index (κ1) is 10.4. The Balaban J connectivity index is 4.51. The Kier molecular flexibility index (Phi) is 3.80. The molecule has 0 aromatic heterocycles. The van der Waals surface area contributed by atoms with Gasteiger partial charge in [0.05, 0.1) is 12.8 Å². The van der Waals surface area contributed by atoms with Gasteiger partial charge in [-0.1, -0.05) is 0 Å². The standard InChI is InChI=1S/C3H8NO3PS2/c1-3-10(6,7)4(2)8(5)9/h3H2,1-2H3/p+1. The Morgan fingerprint density at radius 2 is 2.00 bits per heavy atom. The van der Waals surface area contributed by atoms with Gasteiger partial charge in [0.25, 0.3) is 10.0 Å². The van der Waals surface area contributed by atoms with Crippen LogP contribution in [-0.4, -0.2) is 25.3 Å². The van der Waals surface area contributed by atoms with Crippen LogP contribution in [-0.2, 0) is 14.6 Å². The fraction of sp³-hybridized carbons (Fsp3) is 1.00. The molecular formula is C3H9NO3PS2+. The van der Waals surface area contributed by atoms with Gasteiger partial charge in [0, 0.05) is 4.08 Å². The van der Waals surface area contributed by atoms with Gasteiger partial charge in [-0.25, -0.2) is 8.42 Å². The molecule has 10 heavy (non-hydrogen) atoms. The molecule has 1 atom stereocenters. The lowest BCUT2D eigenvalue weighted by Crippen LogP contribution is -2.20. The van der Waals surface area contributed by atoms with Crippen molar-refractivity contribution < 1.29 is 13.0 Å². The van der Waals surface area contributed by atoms with Crippen LogP contribution in [0.25, 0.3) is 0 Å². The van der Waals surface area contributed by atoms with Crippen LogP contribution in [0.2, 0.25) is 0 Å². The van der Waals surface area contributed by atoms with E-state index in [1.165, 1.54) is 14.0 Å². The molecule has 0 heterocycles. The second-order valence-electron chi connectivity index (χ2n) is 1.59. The topological polar surface area (TPSA) is 54.5 Å². The molecule has 0 saturated heterocycles. The monoisotopic (exact) mass is 202 g/mol. The highest BCUT2D eigenvalue weighted by atomic mass is 32.7. The van der Waals surface area contributed by atoms with E-state index in [0.29, 0.717) is 0 Å². The minimum Gasteiger partial charge on any atom is -0.209 e. The summed E-state index contributed by atoms with van der Waals surface area (Å²) < 4.78 is 32.9. The number of hydrogen-bond acceptors (Lipinski definition) is 3. The van der Waals surface area contributed by atoms with Crippen LogP contribution in [0.4, 0.5) is 0 Å². The average Bonchev–Trinajstić information content (AvgIpc) is 1.86. The third-order valence-corrected chi connectivity index (χ3v) is 5.38. The Morgan fingerprint density at radius 3 is 2.10 bits per heavy atom. The molecule has 1 unspecified atom stereocenters. The van der Waals surface area contributed by atoms with Gasteiger partial charge in [-0.15, -0.1) is 0 Å². The first-order valence-electron chi connectivity index (χ1n) is 2.54. The molecule has 0 aliphatic heterocycles. The van der Waals surface area contributed by atoms with Crippen molar-refractivity contribution in [3.63, 3.8) is 0 Å². The summed E-state index contributed by atoms with van der Waals surface area (Å²) in [6.07, 6.45) is 0. The highest BCUT2D eigenvalue weighted by Gasteiger charge is 2.30. The van der Waals surface area contributed by atoms with Gasteiger partial charge in [-0.05, 0) is 11.5 Å². The summed E-state index contributed by atoms with van der Waals surface area (Å²) in [5, 5.41) is 0. The summed E-state index contributed by atoms with van der Waals surface area (Å²) in [6.45, 7) is 1.48. The minimum atomic E-state index is -3.32. The highest BCUT2D eigenvalue weighted by molar-refractivity contribution is 8.41. The predicted octanol–water partition coefficient (Wildman–Crippen LogP) is 0.855. The maximum atomic E-state index is 10.8. The van der Waals surface area contributed by atoms with Gasteiger partial charge in [-0.2, -0.15) is 0 Å². The Labute approximate surface area is 66.7 Å². The van der Waals surface area contributed by atoms with Gasteiger partial charge in [0.1, 0.15) is 12.2 Å². The fourth-order valence-corrected chi connectivity index (χ4v) is 2.87. The molecule has 0 rings (SSSR count). The third-order valence-electron chi connectivity index (χ3n) is 1.01. The van der Waals surface area contributed by atoms with Crippen LogP contribution in [0.5, 0.6) is 0 Å². The lowest BCUT2D eigenvalue weighted by atomic mass is 11.0. The average molecular weight is 202 g/mol. The van der Waals surface area contributed by atoms with Gasteiger partial charge < -0.3 is 0 Å². The zero-order valence-electron chi connectivity index (χ0n) is 5.68. The number of nitrogens with zero attached hydrogens (tertiary/aromatic N) is 1. The summed E-state index contributed by atoms with van der Waals surface area (Å²) in [6, 6.07) is 0. The second kappa shape index (κ2) is 3.67. The van der Waals surface area contributed by atoms with Crippen molar-refractivity contribution in [2.24, 2.45) is 0 Å². The quantitative estimate of drug-likeness (QED) is 0.545. The molecule has 0 spiro atoms. The molecule has 0 fully saturated rings. The van der Waals surface area contributed by atoms with Crippen LogP contribution in [0.3, 0.4) is 0 Å². The molecule has 0 radical (unpaired) electrons. The molecule has 0 aliphatic carbocycles. The lowest BCUT2D eigenvalue weighted by molar-refractivity contribution is 0.542. The van der Waals surface area contributed by atoms with E-state index in [4.69, 9.17) is 0 Å². The maximum Gasteiger partial charge on any atom is 0.521 e. The van der Waals surface area contributed by atoms with Crippen molar-refractivity contribution in [2.75, 3.05) is 12.8 Å². The summed E-state index contributed by atoms with van der Waals surface area (Å²) in [5.41, 5.74) is 0. The van der Waals surface area contributed by atoms with Crippen molar-refractivity contribution in [1.29, 1.82) is 0 Å². The molecular weight excluding hydrogens is 193 g/mol. The van der Waals surface area contributed by atoms with Gasteiger partial charge in [0.15, 0.2) is 0 Å². The number of sulfonamides is 1. The van der Waals surface area contributed by atoms with Crippen molar-refractivity contribution in [3.05, 3.63) is 0 Å². The van der Waals surface area contributed by atoms with Gasteiger partial charge >= 0.3 is 7.15 Å². The number of hydrogen-bond donors (Lipinski definition) is 1. The Morgan fingerprint density at radius 1 is 1.60 bits per heavy atom. The number of rotatable bonds is 3. The SMILES string of the molecule is CCS(=O)(=O)N(C)[P+](=O)S. The Hall–Kier alpha value is 0.360. The van der Waals surface area contributed by atoms with Gasteiger partial charge in [-0.3, -0.25) is 0 Å². The normalized spacial score (nSPS) is 13.8. The Bertz CT molecular complexity index is 224. The minimum absolute atomic E-state index is 0.0505. The first-order chi connectivity index (χ1) is 4.41. The molecule has 0 bridgehead atoms. The maximum absolute atomic E-state index is 10.8. The summed E-state index contributed by atoms with van der Waals surface area (Å²) in [4.78, 5) is 0. The van der Waals surface area contributed by atoms with E-state index in [-0.39, 0.29) is 5.75 Å². The van der Waals surface area contributed by atoms with Crippen molar-refractivity contribution in [2.45, 2.75) is 6.92 Å². The molecule has 0 aromatic rings. The smallest absolute Gasteiger partial charge is 0.209 e. The zero-order chi connectivity index (χ0) is 8.36. The molecule has 0 aromatic carbocycles. The van der Waals surface area contributed by atoms with E-state index >= 15 is 0 Å². The second-order valence-corrected chi connectivity index (χ2v) is 6.28. The van der Waals surface area contributed by atoms with Crippen LogP contribution < -0.4 is 0 Å². The molecule has 60 valence electrons. The summed E-state index contributed by atoms with van der Waals surface area (Å²) in [5.74, 6) is -0.0505. The first-order valence-corrected chi connectivity index (χ1v) is 6.52.